The van der Waals surface area contributed by atoms with E-state index in [2.05, 4.69) is 12.2 Å². The SMILES string of the molecule is CCNC1CCCCC(Cc2ccc(F)c(Cl)c2)C1. The van der Waals surface area contributed by atoms with Crippen molar-refractivity contribution in [2.45, 2.75) is 51.5 Å². The molecule has 0 aliphatic heterocycles. The molecule has 1 N–H and O–H groups in total. The molecule has 1 aliphatic rings. The van der Waals surface area contributed by atoms with Crippen LogP contribution in [0.2, 0.25) is 5.02 Å². The van der Waals surface area contributed by atoms with Gasteiger partial charge in [0.25, 0.3) is 0 Å². The van der Waals surface area contributed by atoms with Crippen LogP contribution < -0.4 is 5.32 Å². The zero-order valence-electron chi connectivity index (χ0n) is 11.6. The van der Waals surface area contributed by atoms with Gasteiger partial charge in [-0.1, -0.05) is 43.9 Å². The molecule has 1 aliphatic carbocycles. The summed E-state index contributed by atoms with van der Waals surface area (Å²) in [5.41, 5.74) is 1.16. The molecule has 19 heavy (non-hydrogen) atoms. The van der Waals surface area contributed by atoms with Crippen molar-refractivity contribution < 1.29 is 4.39 Å². The van der Waals surface area contributed by atoms with Crippen molar-refractivity contribution in [2.75, 3.05) is 6.54 Å². The van der Waals surface area contributed by atoms with E-state index in [0.29, 0.717) is 12.0 Å². The fraction of sp³-hybridized carbons (Fsp3) is 0.625. The van der Waals surface area contributed by atoms with Crippen LogP contribution in [0, 0.1) is 11.7 Å². The molecule has 0 saturated heterocycles. The van der Waals surface area contributed by atoms with E-state index in [1.807, 2.05) is 6.07 Å². The average molecular weight is 284 g/mol. The van der Waals surface area contributed by atoms with Gasteiger partial charge in [-0.2, -0.15) is 0 Å². The Kier molecular flexibility index (Phi) is 5.65. The van der Waals surface area contributed by atoms with Gasteiger partial charge in [0.2, 0.25) is 0 Å². The number of hydrogen-bond donors (Lipinski definition) is 1. The Hall–Kier alpha value is -0.600. The summed E-state index contributed by atoms with van der Waals surface area (Å²) in [5, 5.41) is 3.82. The van der Waals surface area contributed by atoms with Crippen LogP contribution in [0.4, 0.5) is 4.39 Å². The second-order valence-electron chi connectivity index (χ2n) is 5.59. The van der Waals surface area contributed by atoms with Gasteiger partial charge in [-0.3, -0.25) is 0 Å². The van der Waals surface area contributed by atoms with Crippen LogP contribution in [0.1, 0.15) is 44.6 Å². The van der Waals surface area contributed by atoms with E-state index in [0.717, 1.165) is 18.5 Å². The van der Waals surface area contributed by atoms with E-state index in [4.69, 9.17) is 11.6 Å². The first-order valence-electron chi connectivity index (χ1n) is 7.36. The third-order valence-corrected chi connectivity index (χ3v) is 4.32. The Balaban J connectivity index is 1.97. The standard InChI is InChI=1S/C16H23ClFN/c1-2-19-14-6-4-3-5-12(10-14)9-13-7-8-16(18)15(17)11-13/h7-8,11-12,14,19H,2-6,9-10H2,1H3. The quantitative estimate of drug-likeness (QED) is 0.798. The molecule has 1 nitrogen and oxygen atoms in total. The van der Waals surface area contributed by atoms with Crippen LogP contribution in [0.25, 0.3) is 0 Å². The van der Waals surface area contributed by atoms with Crippen molar-refractivity contribution in [2.24, 2.45) is 5.92 Å². The maximum Gasteiger partial charge on any atom is 0.141 e. The Labute approximate surface area is 120 Å². The fourth-order valence-corrected chi connectivity index (χ4v) is 3.32. The topological polar surface area (TPSA) is 12.0 Å². The van der Waals surface area contributed by atoms with Crippen molar-refractivity contribution in [1.29, 1.82) is 0 Å². The molecule has 2 atom stereocenters. The zero-order chi connectivity index (χ0) is 13.7. The third kappa shape index (κ3) is 4.47. The molecule has 1 aromatic rings. The molecule has 0 aromatic heterocycles. The first kappa shape index (κ1) is 14.8. The van der Waals surface area contributed by atoms with Crippen molar-refractivity contribution in [3.8, 4) is 0 Å². The number of halogens is 2. The van der Waals surface area contributed by atoms with Gasteiger partial charge >= 0.3 is 0 Å². The summed E-state index contributed by atoms with van der Waals surface area (Å²) in [6.07, 6.45) is 7.43. The highest BCUT2D eigenvalue weighted by molar-refractivity contribution is 6.30. The van der Waals surface area contributed by atoms with Crippen LogP contribution >= 0.6 is 11.6 Å². The molecule has 0 bridgehead atoms. The van der Waals surface area contributed by atoms with E-state index >= 15 is 0 Å². The molecule has 0 spiro atoms. The van der Waals surface area contributed by atoms with Crippen molar-refractivity contribution in [3.63, 3.8) is 0 Å². The number of nitrogens with one attached hydrogen (secondary N) is 1. The molecule has 1 aromatic carbocycles. The molecule has 3 heteroatoms. The highest BCUT2D eigenvalue weighted by atomic mass is 35.5. The Morgan fingerprint density at radius 1 is 1.32 bits per heavy atom. The van der Waals surface area contributed by atoms with Crippen molar-refractivity contribution in [3.05, 3.63) is 34.6 Å². The molecule has 0 radical (unpaired) electrons. The number of benzene rings is 1. The van der Waals surface area contributed by atoms with Gasteiger partial charge in [0, 0.05) is 6.04 Å². The molecule has 0 amide bonds. The van der Waals surface area contributed by atoms with Crippen LogP contribution in [-0.4, -0.2) is 12.6 Å². The van der Waals surface area contributed by atoms with Crippen LogP contribution in [0.15, 0.2) is 18.2 Å². The highest BCUT2D eigenvalue weighted by Gasteiger charge is 2.20. The molecule has 1 saturated carbocycles. The van der Waals surface area contributed by atoms with Gasteiger partial charge in [-0.05, 0) is 49.4 Å². The molecule has 1 fully saturated rings. The van der Waals surface area contributed by atoms with Crippen LogP contribution in [0.3, 0.4) is 0 Å². The third-order valence-electron chi connectivity index (χ3n) is 4.03. The maximum absolute atomic E-state index is 13.2. The smallest absolute Gasteiger partial charge is 0.141 e. The summed E-state index contributed by atoms with van der Waals surface area (Å²) in [6, 6.07) is 5.78. The molecule has 106 valence electrons. The van der Waals surface area contributed by atoms with Crippen molar-refractivity contribution in [1.82, 2.24) is 5.32 Å². The van der Waals surface area contributed by atoms with Crippen LogP contribution in [0.5, 0.6) is 0 Å². The monoisotopic (exact) mass is 283 g/mol. The summed E-state index contributed by atoms with van der Waals surface area (Å²) in [6.45, 7) is 3.21. The molecular formula is C16H23ClFN. The van der Waals surface area contributed by atoms with E-state index in [1.165, 1.54) is 38.2 Å². The molecule has 2 rings (SSSR count). The summed E-state index contributed by atoms with van der Waals surface area (Å²) in [7, 11) is 0. The fourth-order valence-electron chi connectivity index (χ4n) is 3.12. The lowest BCUT2D eigenvalue weighted by Crippen LogP contribution is -2.30. The lowest BCUT2D eigenvalue weighted by atomic mass is 9.91. The summed E-state index contributed by atoms with van der Waals surface area (Å²) < 4.78 is 13.2. The zero-order valence-corrected chi connectivity index (χ0v) is 12.3. The number of hydrogen-bond acceptors (Lipinski definition) is 1. The van der Waals surface area contributed by atoms with Crippen LogP contribution in [-0.2, 0) is 6.42 Å². The first-order valence-corrected chi connectivity index (χ1v) is 7.74. The predicted octanol–water partition coefficient (Wildman–Crippen LogP) is 4.58. The predicted molar refractivity (Wildman–Crippen MR) is 79.2 cm³/mol. The van der Waals surface area contributed by atoms with Gasteiger partial charge in [-0.15, -0.1) is 0 Å². The summed E-state index contributed by atoms with van der Waals surface area (Å²) >= 11 is 5.85. The normalized spacial score (nSPS) is 24.2. The molecule has 2 unspecified atom stereocenters. The summed E-state index contributed by atoms with van der Waals surface area (Å²) in [5.74, 6) is 0.366. The average Bonchev–Trinajstić information content (AvgIpc) is 2.60. The van der Waals surface area contributed by atoms with Gasteiger partial charge in [0.1, 0.15) is 5.82 Å². The Morgan fingerprint density at radius 2 is 2.11 bits per heavy atom. The van der Waals surface area contributed by atoms with E-state index in [9.17, 15) is 4.39 Å². The second kappa shape index (κ2) is 7.25. The van der Waals surface area contributed by atoms with E-state index < -0.39 is 0 Å². The minimum Gasteiger partial charge on any atom is -0.314 e. The Bertz CT molecular complexity index is 408. The number of rotatable bonds is 4. The molecule has 0 heterocycles. The minimum atomic E-state index is -0.322. The highest BCUT2D eigenvalue weighted by Crippen LogP contribution is 2.27. The Morgan fingerprint density at radius 3 is 2.84 bits per heavy atom. The lowest BCUT2D eigenvalue weighted by molar-refractivity contribution is 0.389. The summed E-state index contributed by atoms with van der Waals surface area (Å²) in [4.78, 5) is 0. The van der Waals surface area contributed by atoms with Gasteiger partial charge in [-0.25, -0.2) is 4.39 Å². The second-order valence-corrected chi connectivity index (χ2v) is 6.00. The minimum absolute atomic E-state index is 0.245. The van der Waals surface area contributed by atoms with Gasteiger partial charge < -0.3 is 5.32 Å². The van der Waals surface area contributed by atoms with Gasteiger partial charge in [0.15, 0.2) is 0 Å². The van der Waals surface area contributed by atoms with E-state index in [-0.39, 0.29) is 10.8 Å². The maximum atomic E-state index is 13.2. The molecular weight excluding hydrogens is 261 g/mol. The lowest BCUT2D eigenvalue weighted by Gasteiger charge is -2.20. The van der Waals surface area contributed by atoms with Crippen molar-refractivity contribution >= 4 is 11.6 Å². The van der Waals surface area contributed by atoms with Gasteiger partial charge in [0.05, 0.1) is 5.02 Å². The van der Waals surface area contributed by atoms with E-state index in [1.54, 1.807) is 6.07 Å². The largest absolute Gasteiger partial charge is 0.314 e. The first-order chi connectivity index (χ1) is 9.19.